The summed E-state index contributed by atoms with van der Waals surface area (Å²) in [5, 5.41) is 36.8. The van der Waals surface area contributed by atoms with E-state index in [0.717, 1.165) is 215 Å². The minimum atomic E-state index is -0.955. The van der Waals surface area contributed by atoms with Crippen LogP contribution in [0.25, 0.3) is 133 Å². The summed E-state index contributed by atoms with van der Waals surface area (Å²) < 4.78 is 40.2. The molecule has 3 aromatic carbocycles. The second kappa shape index (κ2) is 38.8. The van der Waals surface area contributed by atoms with Crippen molar-refractivity contribution in [2.24, 2.45) is 0 Å². The van der Waals surface area contributed by atoms with E-state index in [1.807, 2.05) is 190 Å². The number of fused-ring (bicyclic) bond motifs is 4. The Bertz CT molecular complexity index is 7810. The van der Waals surface area contributed by atoms with E-state index in [1.54, 1.807) is 86.3 Å². The van der Waals surface area contributed by atoms with E-state index >= 15 is 0 Å². The lowest BCUT2D eigenvalue weighted by molar-refractivity contribution is 0.0524. The van der Waals surface area contributed by atoms with Gasteiger partial charge >= 0.3 is 17.9 Å². The van der Waals surface area contributed by atoms with Gasteiger partial charge in [-0.05, 0) is 235 Å². The Morgan fingerprint density at radius 1 is 0.442 bits per heavy atom. The summed E-state index contributed by atoms with van der Waals surface area (Å²) in [6.07, 6.45) is 26.6. The van der Waals surface area contributed by atoms with Crippen molar-refractivity contribution in [1.29, 1.82) is 0 Å². The predicted octanol–water partition coefficient (Wildman–Crippen LogP) is 21.9. The van der Waals surface area contributed by atoms with Crippen molar-refractivity contribution in [1.82, 2.24) is 94.3 Å². The zero-order valence-corrected chi connectivity index (χ0v) is 78.4. The molecule has 2 N–H and O–H groups in total. The number of ether oxygens (including phenoxy) is 2. The Balaban J connectivity index is 0.000000122. The number of amides is 1. The number of carbonyl (C=O) groups excluding carboxylic acids is 3. The van der Waals surface area contributed by atoms with Crippen LogP contribution < -0.4 is 5.32 Å². The standard InChI is InChI=1S/C28H26N6O2.2C28H26N4O3.C24H19N5O3/c1-16-26(18(3)36-33-16)20-12-25-27(31-14-20)22(15-34(25)17(2)23-6-4-5-11-29-23)19-7-10-24(30-13-19)28(35)32-21-8-9-21;1-17-25(18(2)35-31-17)21-14-23-26(30-15-21)22(19-9-11-20(12-10-19)27(33)34-5)16-32(23)28(3,4)24-8-6-7-13-29-24;1-5-34-28(33)21-11-9-20(10-12-21)23-16-32(18(3)24-8-6-7-13-29-24)25-14-22(15-30-27(23)25)26-17(2)31-35-19(26)4;1-14-22(15(2)32-28-14)18-10-21-23(25-11-18)20(16-5-7-17(8-6-16)24(30)31)13-29(21)12-19-4-3-9-26-27-19/h4-7,10-15,17,21H,8-9H2,1-3H3,(H,32,35);6-16H,1-5H3;6-16,18H,5H2,1-4H3;3-11,13H,12H2,1-2H3,(H,30,31)/t17-;;18-;/m0.0./s1. The molecule has 1 saturated carbocycles. The molecule has 0 aliphatic heterocycles. The normalized spacial score (nSPS) is 12.3. The maximum absolute atomic E-state index is 12.4. The Kier molecular flexibility index (Phi) is 25.7. The van der Waals surface area contributed by atoms with E-state index in [2.05, 4.69) is 145 Å². The maximum atomic E-state index is 12.4. The molecular weight excluding hydrogens is 1740 g/mol. The first-order valence-electron chi connectivity index (χ1n) is 45.1. The first kappa shape index (κ1) is 91.3. The molecular formula is C108H97N19O11. The number of aromatic carboxylic acids is 1. The fourth-order valence-electron chi connectivity index (χ4n) is 17.6. The number of carboxylic acid groups (broad SMARTS) is 1. The lowest BCUT2D eigenvalue weighted by atomic mass is 9.99. The van der Waals surface area contributed by atoms with Crippen molar-refractivity contribution in [2.45, 2.75) is 133 Å². The van der Waals surface area contributed by atoms with Crippen LogP contribution in [0.2, 0.25) is 0 Å². The summed E-state index contributed by atoms with van der Waals surface area (Å²) in [5.41, 5.74) is 30.4. The molecule has 1 aliphatic rings. The Hall–Kier alpha value is -17.2. The maximum Gasteiger partial charge on any atom is 0.338 e. The van der Waals surface area contributed by atoms with Crippen molar-refractivity contribution in [2.75, 3.05) is 13.7 Å². The van der Waals surface area contributed by atoms with Crippen molar-refractivity contribution < 1.29 is 51.9 Å². The van der Waals surface area contributed by atoms with Gasteiger partial charge in [0.1, 0.15) is 28.7 Å². The quantitative estimate of drug-likeness (QED) is 0.0595. The zero-order chi connectivity index (χ0) is 96.3. The number of nitrogens with one attached hydrogen (secondary N) is 1. The number of carbonyl (C=O) groups is 4. The van der Waals surface area contributed by atoms with Gasteiger partial charge in [-0.25, -0.2) is 14.4 Å². The summed E-state index contributed by atoms with van der Waals surface area (Å²) in [4.78, 5) is 85.3. The monoisotopic (exact) mass is 1840 g/mol. The number of nitrogens with zero attached hydrogens (tertiary/aromatic N) is 18. The SMILES string of the molecule is CCOC(=O)c1ccc(-c2cn([C@@H](C)c3ccccn3)c3cc(-c4c(C)noc4C)cnc23)cc1.COC(=O)c1ccc(-c2cn(C(C)(C)c3ccccn3)c3cc(-c4c(C)noc4C)cnc23)cc1.Cc1noc(C)c1-c1cnc2c(-c3ccc(C(=O)NC4CC4)nc3)cn([C@@H](C)c3ccccn3)c2c1.Cc1noc(C)c1-c1cnc2c(-c3ccc(C(=O)O)cc3)cn(Cc3cccnn3)c2c1. The van der Waals surface area contributed by atoms with Gasteiger partial charge in [0.05, 0.1) is 144 Å². The van der Waals surface area contributed by atoms with Crippen LogP contribution in [-0.4, -0.2) is 138 Å². The third kappa shape index (κ3) is 18.5. The Labute approximate surface area is 792 Å². The molecule has 17 heterocycles. The number of esters is 2. The number of hydrogen-bond acceptors (Lipinski definition) is 24. The van der Waals surface area contributed by atoms with Gasteiger partial charge in [-0.15, -0.1) is 0 Å². The largest absolute Gasteiger partial charge is 0.478 e. The zero-order valence-electron chi connectivity index (χ0n) is 78.4. The summed E-state index contributed by atoms with van der Waals surface area (Å²) in [6, 6.07) is 55.6. The smallest absolute Gasteiger partial charge is 0.338 e. The topological polar surface area (TPSA) is 372 Å². The van der Waals surface area contributed by atoms with E-state index in [1.165, 1.54) is 7.11 Å². The molecule has 1 fully saturated rings. The number of carboxylic acids is 1. The number of methoxy groups -OCH3 is 1. The summed E-state index contributed by atoms with van der Waals surface area (Å²) in [7, 11) is 1.38. The molecule has 30 heteroatoms. The van der Waals surface area contributed by atoms with Crippen molar-refractivity contribution in [3.8, 4) is 89.0 Å². The van der Waals surface area contributed by atoms with E-state index in [-0.39, 0.29) is 35.5 Å². The van der Waals surface area contributed by atoms with E-state index in [0.29, 0.717) is 36.0 Å². The predicted molar refractivity (Wildman–Crippen MR) is 523 cm³/mol. The van der Waals surface area contributed by atoms with Crippen LogP contribution in [0.5, 0.6) is 0 Å². The van der Waals surface area contributed by atoms with Gasteiger partial charge in [-0.1, -0.05) is 81.3 Å². The molecule has 0 spiro atoms. The fraction of sp³-hybridized carbons (Fsp3) is 0.204. The minimum absolute atomic E-state index is 0.0204. The molecule has 30 nitrogen and oxygen atoms in total. The number of benzene rings is 3. The molecule has 0 radical (unpaired) electrons. The Morgan fingerprint density at radius 3 is 1.26 bits per heavy atom. The summed E-state index contributed by atoms with van der Waals surface area (Å²) >= 11 is 0. The highest BCUT2D eigenvalue weighted by atomic mass is 16.5. The van der Waals surface area contributed by atoms with Crippen LogP contribution in [0.3, 0.4) is 0 Å². The second-order valence-electron chi connectivity index (χ2n) is 34.4. The van der Waals surface area contributed by atoms with Gasteiger partial charge in [-0.2, -0.15) is 10.2 Å². The van der Waals surface area contributed by atoms with E-state index in [9.17, 15) is 24.3 Å². The van der Waals surface area contributed by atoms with Gasteiger partial charge in [0, 0.05) is 159 Å². The molecule has 17 aromatic heterocycles. The number of aromatic nitrogens is 18. The molecule has 0 bridgehead atoms. The van der Waals surface area contributed by atoms with Crippen molar-refractivity contribution in [3.63, 3.8) is 0 Å². The minimum Gasteiger partial charge on any atom is -0.478 e. The summed E-state index contributed by atoms with van der Waals surface area (Å²) in [6.45, 7) is 26.5. The van der Waals surface area contributed by atoms with Crippen molar-refractivity contribution >= 4 is 67.9 Å². The van der Waals surface area contributed by atoms with Gasteiger partial charge in [-0.3, -0.25) is 44.7 Å². The highest BCUT2D eigenvalue weighted by molar-refractivity contribution is 6.01. The van der Waals surface area contributed by atoms with E-state index < -0.39 is 11.5 Å². The third-order valence-corrected chi connectivity index (χ3v) is 24.9. The lowest BCUT2D eigenvalue weighted by Crippen LogP contribution is -2.28. The van der Waals surface area contributed by atoms with Gasteiger partial charge in [0.2, 0.25) is 0 Å². The number of aryl methyl sites for hydroxylation is 8. The highest BCUT2D eigenvalue weighted by Crippen LogP contribution is 2.43. The van der Waals surface area contributed by atoms with Crippen LogP contribution in [0.15, 0.2) is 275 Å². The molecule has 0 unspecified atom stereocenters. The first-order chi connectivity index (χ1) is 66.8. The molecule has 2 atom stereocenters. The number of hydrogen-bond donors (Lipinski definition) is 2. The fourth-order valence-corrected chi connectivity index (χ4v) is 17.6. The average Bonchev–Trinajstić information content (AvgIpc) is 1.59. The van der Waals surface area contributed by atoms with Gasteiger partial charge < -0.3 is 56.3 Å². The average molecular weight is 1840 g/mol. The third-order valence-electron chi connectivity index (χ3n) is 24.9. The van der Waals surface area contributed by atoms with Crippen LogP contribution in [0.1, 0.15) is 170 Å². The van der Waals surface area contributed by atoms with Crippen LogP contribution in [0, 0.1) is 55.4 Å². The first-order valence-corrected chi connectivity index (χ1v) is 45.1. The van der Waals surface area contributed by atoms with E-state index in [4.69, 9.17) is 47.5 Å². The lowest BCUT2D eigenvalue weighted by Gasteiger charge is -2.27. The number of rotatable bonds is 22. The van der Waals surface area contributed by atoms with Crippen LogP contribution in [0.4, 0.5) is 0 Å². The molecule has 20 aromatic rings. The molecule has 690 valence electrons. The molecule has 21 rings (SSSR count). The summed E-state index contributed by atoms with van der Waals surface area (Å²) in [5.74, 6) is 1.24. The molecule has 138 heavy (non-hydrogen) atoms. The molecule has 1 amide bonds. The van der Waals surface area contributed by atoms with Crippen LogP contribution >= 0.6 is 0 Å². The second-order valence-corrected chi connectivity index (χ2v) is 34.4. The van der Waals surface area contributed by atoms with Gasteiger partial charge in [0.15, 0.2) is 0 Å². The Morgan fingerprint density at radius 2 is 0.855 bits per heavy atom. The highest BCUT2D eigenvalue weighted by Gasteiger charge is 2.32. The van der Waals surface area contributed by atoms with Crippen LogP contribution in [-0.2, 0) is 21.6 Å². The number of pyridine rings is 8. The molecule has 1 aliphatic carbocycles. The van der Waals surface area contributed by atoms with Gasteiger partial charge in [0.25, 0.3) is 5.91 Å². The van der Waals surface area contributed by atoms with Crippen molar-refractivity contribution in [3.05, 3.63) is 347 Å². The molecule has 0 saturated heterocycles.